The number of esters is 1. The number of carbonyl (C=O) groups is 2. The molecule has 3 saturated carbocycles. The molecule has 1 amide bonds. The molecule has 0 saturated heterocycles. The quantitative estimate of drug-likeness (QED) is 0.107. The van der Waals surface area contributed by atoms with Crippen molar-refractivity contribution in [2.75, 3.05) is 13.1 Å². The smallest absolute Gasteiger partial charge is 0.323 e. The largest absolute Gasteiger partial charge is 0.461 e. The van der Waals surface area contributed by atoms with Crippen molar-refractivity contribution in [2.45, 2.75) is 116 Å². The average Bonchev–Trinajstić information content (AvgIpc) is 3.51. The third-order valence-corrected chi connectivity index (χ3v) is 8.80. The van der Waals surface area contributed by atoms with Crippen molar-refractivity contribution >= 4 is 18.0 Å². The molecule has 1 aromatic carbocycles. The Labute approximate surface area is 241 Å². The van der Waals surface area contributed by atoms with E-state index in [1.54, 1.807) is 11.6 Å². The van der Waals surface area contributed by atoms with Crippen LogP contribution in [0, 0.1) is 17.8 Å². The molecule has 4 N–H and O–H groups in total. The summed E-state index contributed by atoms with van der Waals surface area (Å²) >= 11 is 0. The fourth-order valence-electron chi connectivity index (χ4n) is 6.52. The van der Waals surface area contributed by atoms with Crippen LogP contribution in [0.3, 0.4) is 0 Å². The van der Waals surface area contributed by atoms with Crippen LogP contribution in [-0.2, 0) is 20.9 Å². The molecular formula is C33H53N3O4. The van der Waals surface area contributed by atoms with Crippen LogP contribution >= 0.6 is 0 Å². The molecule has 0 bridgehead atoms. The predicted octanol–water partition coefficient (Wildman–Crippen LogP) is 6.15. The fraction of sp³-hybridized carbons (Fsp3) is 0.697. The molecule has 0 heterocycles. The highest BCUT2D eigenvalue weighted by atomic mass is 16.5. The molecule has 7 nitrogen and oxygen atoms in total. The zero-order chi connectivity index (χ0) is 28.6. The molecule has 224 valence electrons. The molecule has 1 unspecified atom stereocenters. The second kappa shape index (κ2) is 18.3. The number of hydrogen-bond donors (Lipinski definition) is 4. The van der Waals surface area contributed by atoms with Crippen LogP contribution in [0.5, 0.6) is 0 Å². The lowest BCUT2D eigenvalue weighted by molar-refractivity contribution is -0.153. The minimum absolute atomic E-state index is 0.0120. The van der Waals surface area contributed by atoms with Crippen LogP contribution in [0.25, 0.3) is 6.08 Å². The normalized spacial score (nSPS) is 22.9. The SMILES string of the molecule is CC.O=C(/C=C/c1cccc(CNCC2CCC(CNC(C(=O)OC3CCCC3)C3CCCCC3)CC2)c1)NO. The summed E-state index contributed by atoms with van der Waals surface area (Å²) in [4.78, 5) is 24.3. The zero-order valence-electron chi connectivity index (χ0n) is 24.8. The van der Waals surface area contributed by atoms with E-state index in [0.29, 0.717) is 17.8 Å². The van der Waals surface area contributed by atoms with Crippen molar-refractivity contribution in [3.05, 3.63) is 41.5 Å². The molecule has 3 aliphatic carbocycles. The average molecular weight is 556 g/mol. The van der Waals surface area contributed by atoms with E-state index in [9.17, 15) is 9.59 Å². The molecule has 0 aliphatic heterocycles. The molecule has 7 heteroatoms. The topological polar surface area (TPSA) is 99.7 Å². The first kappa shape index (κ1) is 32.3. The van der Waals surface area contributed by atoms with Gasteiger partial charge in [0, 0.05) is 12.6 Å². The number of ether oxygens (including phenoxy) is 1. The predicted molar refractivity (Wildman–Crippen MR) is 161 cm³/mol. The van der Waals surface area contributed by atoms with Gasteiger partial charge in [0.05, 0.1) is 0 Å². The van der Waals surface area contributed by atoms with E-state index in [1.165, 1.54) is 69.4 Å². The van der Waals surface area contributed by atoms with Crippen molar-refractivity contribution in [3.8, 4) is 0 Å². The van der Waals surface area contributed by atoms with Crippen molar-refractivity contribution < 1.29 is 19.5 Å². The van der Waals surface area contributed by atoms with E-state index in [0.717, 1.165) is 50.9 Å². The number of nitrogens with one attached hydrogen (secondary N) is 3. The molecule has 40 heavy (non-hydrogen) atoms. The van der Waals surface area contributed by atoms with E-state index in [-0.39, 0.29) is 18.1 Å². The molecule has 3 fully saturated rings. The third kappa shape index (κ3) is 11.0. The number of rotatable bonds is 12. The maximum atomic E-state index is 13.1. The Morgan fingerprint density at radius 2 is 1.57 bits per heavy atom. The maximum absolute atomic E-state index is 13.1. The van der Waals surface area contributed by atoms with Crippen molar-refractivity contribution in [1.82, 2.24) is 16.1 Å². The highest BCUT2D eigenvalue weighted by molar-refractivity contribution is 5.90. The van der Waals surface area contributed by atoms with Gasteiger partial charge in [0.25, 0.3) is 5.91 Å². The second-order valence-corrected chi connectivity index (χ2v) is 11.7. The van der Waals surface area contributed by atoms with E-state index in [1.807, 2.05) is 26.0 Å². The first-order valence-corrected chi connectivity index (χ1v) is 16.0. The Morgan fingerprint density at radius 1 is 0.925 bits per heavy atom. The van der Waals surface area contributed by atoms with Crippen LogP contribution in [0.1, 0.15) is 108 Å². The van der Waals surface area contributed by atoms with Crippen LogP contribution in [0.2, 0.25) is 0 Å². The lowest BCUT2D eigenvalue weighted by Gasteiger charge is -2.33. The molecule has 4 rings (SSSR count). The lowest BCUT2D eigenvalue weighted by Crippen LogP contribution is -2.47. The molecule has 1 aromatic rings. The monoisotopic (exact) mass is 555 g/mol. The Bertz CT molecular complexity index is 901. The van der Waals surface area contributed by atoms with Crippen molar-refractivity contribution in [2.24, 2.45) is 17.8 Å². The van der Waals surface area contributed by atoms with Gasteiger partial charge in [-0.3, -0.25) is 14.8 Å². The summed E-state index contributed by atoms with van der Waals surface area (Å²) in [7, 11) is 0. The summed E-state index contributed by atoms with van der Waals surface area (Å²) in [6, 6.07) is 7.93. The minimum atomic E-state index is -0.534. The Kier molecular flexibility index (Phi) is 14.7. The van der Waals surface area contributed by atoms with Gasteiger partial charge in [0.1, 0.15) is 12.1 Å². The highest BCUT2D eigenvalue weighted by Crippen LogP contribution is 2.31. The first-order chi connectivity index (χ1) is 19.6. The van der Waals surface area contributed by atoms with Crippen LogP contribution in [0.15, 0.2) is 30.3 Å². The van der Waals surface area contributed by atoms with Crippen LogP contribution in [0.4, 0.5) is 0 Å². The number of hydrogen-bond acceptors (Lipinski definition) is 6. The molecular weight excluding hydrogens is 502 g/mol. The van der Waals surface area contributed by atoms with Crippen LogP contribution in [-0.4, -0.2) is 42.3 Å². The van der Waals surface area contributed by atoms with Gasteiger partial charge in [-0.25, -0.2) is 5.48 Å². The van der Waals surface area contributed by atoms with E-state index in [4.69, 9.17) is 9.94 Å². The van der Waals surface area contributed by atoms with E-state index in [2.05, 4.69) is 22.8 Å². The Morgan fingerprint density at radius 3 is 2.25 bits per heavy atom. The fourth-order valence-corrected chi connectivity index (χ4v) is 6.52. The van der Waals surface area contributed by atoms with Gasteiger partial charge in [-0.2, -0.15) is 0 Å². The number of hydroxylamine groups is 1. The van der Waals surface area contributed by atoms with Gasteiger partial charge in [-0.1, -0.05) is 57.4 Å². The lowest BCUT2D eigenvalue weighted by atomic mass is 9.80. The second-order valence-electron chi connectivity index (χ2n) is 11.7. The standard InChI is InChI=1S/C31H47N3O4.C2H6/c35-29(34-37)18-17-23-7-6-8-26(19-23)21-32-20-24-13-15-25(16-14-24)22-33-30(27-9-2-1-3-10-27)31(36)38-28-11-4-5-12-28;1-2/h6-8,17-19,24-25,27-28,30,32-33,37H,1-5,9-16,20-22H2,(H,34,35);1-2H3/b18-17+;. The van der Waals surface area contributed by atoms with E-state index >= 15 is 0 Å². The Hall–Kier alpha value is -2.22. The summed E-state index contributed by atoms with van der Waals surface area (Å²) in [5, 5.41) is 15.9. The third-order valence-electron chi connectivity index (χ3n) is 8.80. The first-order valence-electron chi connectivity index (χ1n) is 16.0. The Balaban J connectivity index is 0.00000216. The highest BCUT2D eigenvalue weighted by Gasteiger charge is 2.33. The summed E-state index contributed by atoms with van der Waals surface area (Å²) in [5.74, 6) is 1.23. The van der Waals surface area contributed by atoms with Gasteiger partial charge in [-0.15, -0.1) is 0 Å². The maximum Gasteiger partial charge on any atom is 0.323 e. The van der Waals surface area contributed by atoms with Gasteiger partial charge in [-0.05, 0) is 112 Å². The van der Waals surface area contributed by atoms with Gasteiger partial charge >= 0.3 is 5.97 Å². The van der Waals surface area contributed by atoms with E-state index < -0.39 is 5.91 Å². The minimum Gasteiger partial charge on any atom is -0.461 e. The zero-order valence-corrected chi connectivity index (χ0v) is 24.8. The van der Waals surface area contributed by atoms with Crippen molar-refractivity contribution in [1.29, 1.82) is 0 Å². The molecule has 0 aromatic heterocycles. The van der Waals surface area contributed by atoms with Gasteiger partial charge in [0.2, 0.25) is 0 Å². The molecule has 3 aliphatic rings. The molecule has 0 radical (unpaired) electrons. The number of carbonyl (C=O) groups excluding carboxylic acids is 2. The summed E-state index contributed by atoms with van der Waals surface area (Å²) in [5.41, 5.74) is 3.71. The molecule has 0 spiro atoms. The number of benzene rings is 1. The summed E-state index contributed by atoms with van der Waals surface area (Å²) in [6.45, 7) is 6.72. The van der Waals surface area contributed by atoms with Gasteiger partial charge < -0.3 is 15.4 Å². The summed E-state index contributed by atoms with van der Waals surface area (Å²) in [6.07, 6.45) is 18.5. The van der Waals surface area contributed by atoms with Crippen molar-refractivity contribution in [3.63, 3.8) is 0 Å². The summed E-state index contributed by atoms with van der Waals surface area (Å²) < 4.78 is 5.96. The number of amides is 1. The van der Waals surface area contributed by atoms with Gasteiger partial charge in [0.15, 0.2) is 0 Å². The molecule has 1 atom stereocenters. The van der Waals surface area contributed by atoms with Crippen LogP contribution < -0.4 is 16.1 Å².